The minimum absolute atomic E-state index is 0.0250. The molecule has 0 atom stereocenters. The number of hydrogen-bond acceptors (Lipinski definition) is 4. The molecule has 0 aromatic carbocycles. The van der Waals surface area contributed by atoms with E-state index in [1.165, 1.54) is 23.3 Å². The monoisotopic (exact) mass is 358 g/mol. The van der Waals surface area contributed by atoms with E-state index in [0.29, 0.717) is 5.69 Å². The highest BCUT2D eigenvalue weighted by Gasteiger charge is 2.30. The molecule has 0 spiro atoms. The molecule has 1 heterocycles. The van der Waals surface area contributed by atoms with Crippen molar-refractivity contribution in [1.82, 2.24) is 0 Å². The summed E-state index contributed by atoms with van der Waals surface area (Å²) in [5.41, 5.74) is 1.71. The number of nitriles is 1. The maximum Gasteiger partial charge on any atom is 0.348 e. The van der Waals surface area contributed by atoms with E-state index in [2.05, 4.69) is 12.1 Å². The normalized spacial score (nSPS) is 23.4. The Bertz CT molecular complexity index is 724. The van der Waals surface area contributed by atoms with Crippen molar-refractivity contribution in [3.05, 3.63) is 21.9 Å². The molecule has 1 aromatic rings. The van der Waals surface area contributed by atoms with Crippen molar-refractivity contribution in [2.75, 3.05) is 4.90 Å². The van der Waals surface area contributed by atoms with Crippen molar-refractivity contribution in [2.24, 2.45) is 5.92 Å². The molecule has 2 aliphatic carbocycles. The third kappa shape index (κ3) is 3.77. The Morgan fingerprint density at radius 3 is 2.64 bits per heavy atom. The van der Waals surface area contributed by atoms with Gasteiger partial charge in [-0.1, -0.05) is 6.08 Å². The minimum Gasteiger partial charge on any atom is -0.477 e. The van der Waals surface area contributed by atoms with Crippen molar-refractivity contribution in [3.63, 3.8) is 0 Å². The number of allylic oxidation sites excluding steroid dienone is 2. The van der Waals surface area contributed by atoms with E-state index in [-0.39, 0.29) is 16.8 Å². The van der Waals surface area contributed by atoms with Gasteiger partial charge in [0.2, 0.25) is 6.41 Å². The van der Waals surface area contributed by atoms with E-state index in [1.54, 1.807) is 4.90 Å². The minimum atomic E-state index is -0.986. The van der Waals surface area contributed by atoms with Gasteiger partial charge in [-0.25, -0.2) is 4.79 Å². The molecule has 1 fully saturated rings. The lowest BCUT2D eigenvalue weighted by molar-refractivity contribution is -0.108. The lowest BCUT2D eigenvalue weighted by Gasteiger charge is -2.32. The Morgan fingerprint density at radius 2 is 2.08 bits per heavy atom. The van der Waals surface area contributed by atoms with Crippen molar-refractivity contribution >= 4 is 35.0 Å². The molecule has 0 aliphatic heterocycles. The van der Waals surface area contributed by atoms with Gasteiger partial charge in [-0.2, -0.15) is 5.26 Å². The van der Waals surface area contributed by atoms with E-state index in [9.17, 15) is 14.7 Å². The number of aromatic carboxylic acids is 1. The fraction of sp³-hybridized carbons (Fsp3) is 0.526. The van der Waals surface area contributed by atoms with Crippen LogP contribution in [-0.2, 0) is 4.79 Å². The fourth-order valence-electron chi connectivity index (χ4n) is 3.77. The average molecular weight is 358 g/mol. The zero-order valence-electron chi connectivity index (χ0n) is 14.1. The molecule has 132 valence electrons. The molecule has 6 heteroatoms. The predicted octanol–water partition coefficient (Wildman–Crippen LogP) is 4.45. The number of amides is 1. The Kier molecular flexibility index (Phi) is 5.54. The maximum absolute atomic E-state index is 11.8. The van der Waals surface area contributed by atoms with E-state index in [1.807, 2.05) is 6.07 Å². The van der Waals surface area contributed by atoms with Gasteiger partial charge in [0, 0.05) is 16.8 Å². The molecular weight excluding hydrogens is 336 g/mol. The van der Waals surface area contributed by atoms with Gasteiger partial charge >= 0.3 is 5.97 Å². The molecule has 2 aliphatic rings. The molecule has 0 bridgehead atoms. The van der Waals surface area contributed by atoms with Crippen LogP contribution in [0.3, 0.4) is 0 Å². The fourth-order valence-corrected chi connectivity index (χ4v) is 4.83. The Morgan fingerprint density at radius 1 is 1.32 bits per heavy atom. The standard InChI is InChI=1S/C19H22N2O3S/c20-11-13-6-8-15(9-7-13)21(12-22)16-10-17(25-18(16)19(23)24)14-4-2-1-3-5-14/h4,10,12-13,15H,1-3,5-9H2,(H,23,24). The van der Waals surface area contributed by atoms with Crippen LogP contribution >= 0.6 is 11.3 Å². The van der Waals surface area contributed by atoms with Crippen molar-refractivity contribution in [1.29, 1.82) is 5.26 Å². The largest absolute Gasteiger partial charge is 0.477 e. The van der Waals surface area contributed by atoms with Gasteiger partial charge in [0.1, 0.15) is 4.88 Å². The molecule has 3 rings (SSSR count). The van der Waals surface area contributed by atoms with Gasteiger partial charge in [-0.05, 0) is 63.0 Å². The van der Waals surface area contributed by atoms with Crippen molar-refractivity contribution in [3.8, 4) is 6.07 Å². The quantitative estimate of drug-likeness (QED) is 0.789. The molecule has 0 saturated heterocycles. The number of hydrogen-bond donors (Lipinski definition) is 1. The molecule has 1 saturated carbocycles. The number of carbonyl (C=O) groups excluding carboxylic acids is 1. The van der Waals surface area contributed by atoms with Gasteiger partial charge in [0.05, 0.1) is 11.8 Å². The van der Waals surface area contributed by atoms with Gasteiger partial charge in [0.15, 0.2) is 0 Å². The van der Waals surface area contributed by atoms with Crippen LogP contribution in [0.1, 0.15) is 65.9 Å². The topological polar surface area (TPSA) is 81.4 Å². The molecule has 1 aromatic heterocycles. The third-order valence-corrected chi connectivity index (χ3v) is 6.37. The SMILES string of the molecule is N#CC1CCC(N(C=O)c2cc(C3=CCCCC3)sc2C(=O)O)CC1. The number of anilines is 1. The average Bonchev–Trinajstić information content (AvgIpc) is 3.09. The summed E-state index contributed by atoms with van der Waals surface area (Å²) >= 11 is 1.27. The first kappa shape index (κ1) is 17.7. The number of rotatable bonds is 5. The summed E-state index contributed by atoms with van der Waals surface area (Å²) in [5.74, 6) is -0.936. The van der Waals surface area contributed by atoms with Crippen LogP contribution in [0, 0.1) is 17.2 Å². The summed E-state index contributed by atoms with van der Waals surface area (Å²) in [4.78, 5) is 26.3. The molecular formula is C19H22N2O3S. The molecule has 0 unspecified atom stereocenters. The van der Waals surface area contributed by atoms with E-state index >= 15 is 0 Å². The molecule has 1 N–H and O–H groups in total. The number of thiophene rings is 1. The number of carboxylic acid groups (broad SMARTS) is 1. The first-order valence-electron chi connectivity index (χ1n) is 8.83. The summed E-state index contributed by atoms with van der Waals surface area (Å²) in [5, 5.41) is 18.6. The highest BCUT2D eigenvalue weighted by Crippen LogP contribution is 2.40. The van der Waals surface area contributed by atoms with Crippen LogP contribution in [-0.4, -0.2) is 23.5 Å². The molecule has 1 amide bonds. The lowest BCUT2D eigenvalue weighted by atomic mass is 9.86. The summed E-state index contributed by atoms with van der Waals surface area (Å²) in [6, 6.07) is 4.14. The van der Waals surface area contributed by atoms with Gasteiger partial charge in [-0.3, -0.25) is 4.79 Å². The summed E-state index contributed by atoms with van der Waals surface area (Å²) in [6.07, 6.45) is 10.2. The second kappa shape index (κ2) is 7.83. The molecule has 25 heavy (non-hydrogen) atoms. The summed E-state index contributed by atoms with van der Waals surface area (Å²) in [6.45, 7) is 0. The van der Waals surface area contributed by atoms with Crippen LogP contribution in [0.4, 0.5) is 5.69 Å². The third-order valence-electron chi connectivity index (χ3n) is 5.18. The number of nitrogens with zero attached hydrogens (tertiary/aromatic N) is 2. The van der Waals surface area contributed by atoms with Crippen LogP contribution in [0.2, 0.25) is 0 Å². The van der Waals surface area contributed by atoms with Gasteiger partial charge < -0.3 is 10.0 Å². The molecule has 0 radical (unpaired) electrons. The zero-order valence-corrected chi connectivity index (χ0v) is 14.9. The van der Waals surface area contributed by atoms with Gasteiger partial charge in [-0.15, -0.1) is 11.3 Å². The van der Waals surface area contributed by atoms with E-state index in [4.69, 9.17) is 5.26 Å². The zero-order chi connectivity index (χ0) is 17.8. The first-order valence-corrected chi connectivity index (χ1v) is 9.65. The Balaban J connectivity index is 1.89. The number of carboxylic acids is 1. The summed E-state index contributed by atoms with van der Waals surface area (Å²) in [7, 11) is 0. The Labute approximate surface area is 151 Å². The highest BCUT2D eigenvalue weighted by atomic mass is 32.1. The van der Waals surface area contributed by atoms with E-state index < -0.39 is 5.97 Å². The van der Waals surface area contributed by atoms with Crippen LogP contribution in [0.25, 0.3) is 5.57 Å². The second-order valence-electron chi connectivity index (χ2n) is 6.75. The summed E-state index contributed by atoms with van der Waals surface area (Å²) < 4.78 is 0. The van der Waals surface area contributed by atoms with Crippen molar-refractivity contribution in [2.45, 2.75) is 57.4 Å². The highest BCUT2D eigenvalue weighted by molar-refractivity contribution is 7.15. The van der Waals surface area contributed by atoms with Crippen LogP contribution in [0.5, 0.6) is 0 Å². The van der Waals surface area contributed by atoms with Gasteiger partial charge in [0.25, 0.3) is 0 Å². The van der Waals surface area contributed by atoms with Crippen molar-refractivity contribution < 1.29 is 14.7 Å². The van der Waals surface area contributed by atoms with E-state index in [0.717, 1.165) is 56.2 Å². The van der Waals surface area contributed by atoms with Crippen LogP contribution < -0.4 is 4.90 Å². The second-order valence-corrected chi connectivity index (χ2v) is 7.80. The molecule has 5 nitrogen and oxygen atoms in total. The smallest absolute Gasteiger partial charge is 0.348 e. The number of carbonyl (C=O) groups is 2. The Hall–Kier alpha value is -2.13. The maximum atomic E-state index is 11.8. The first-order chi connectivity index (χ1) is 12.1. The van der Waals surface area contributed by atoms with Crippen LogP contribution in [0.15, 0.2) is 12.1 Å². The lowest BCUT2D eigenvalue weighted by Crippen LogP contribution is -2.37. The predicted molar refractivity (Wildman–Crippen MR) is 97.6 cm³/mol.